The Morgan fingerprint density at radius 3 is 2.46 bits per heavy atom. The van der Waals surface area contributed by atoms with E-state index < -0.39 is 5.63 Å². The SMILES string of the molecule is Cc1cc2oc(NCc3ccccc3)c(-c3ccc(Br)cc3)c2c(=O)o1. The van der Waals surface area contributed by atoms with Gasteiger partial charge in [0.15, 0.2) is 0 Å². The monoisotopic (exact) mass is 409 g/mol. The molecule has 0 amide bonds. The molecule has 5 heteroatoms. The zero-order valence-electron chi connectivity index (χ0n) is 14.1. The Balaban J connectivity index is 1.85. The van der Waals surface area contributed by atoms with E-state index in [-0.39, 0.29) is 0 Å². The minimum atomic E-state index is -0.394. The highest BCUT2D eigenvalue weighted by Crippen LogP contribution is 2.37. The molecule has 0 bridgehead atoms. The number of fused-ring (bicyclic) bond motifs is 1. The Kier molecular flexibility index (Phi) is 4.39. The van der Waals surface area contributed by atoms with Crippen LogP contribution in [0.25, 0.3) is 22.1 Å². The molecular weight excluding hydrogens is 394 g/mol. The lowest BCUT2D eigenvalue weighted by molar-refractivity contribution is 0.485. The Morgan fingerprint density at radius 2 is 1.73 bits per heavy atom. The van der Waals surface area contributed by atoms with Gasteiger partial charge in [0.05, 0.1) is 5.56 Å². The van der Waals surface area contributed by atoms with Gasteiger partial charge in [-0.1, -0.05) is 58.4 Å². The van der Waals surface area contributed by atoms with Crippen LogP contribution in [0.4, 0.5) is 5.88 Å². The fourth-order valence-corrected chi connectivity index (χ4v) is 3.22. The highest BCUT2D eigenvalue weighted by atomic mass is 79.9. The summed E-state index contributed by atoms with van der Waals surface area (Å²) in [4.78, 5) is 12.5. The van der Waals surface area contributed by atoms with E-state index in [0.29, 0.717) is 29.2 Å². The van der Waals surface area contributed by atoms with Crippen LogP contribution in [0, 0.1) is 6.92 Å². The van der Waals surface area contributed by atoms with Gasteiger partial charge in [-0.3, -0.25) is 0 Å². The van der Waals surface area contributed by atoms with Crippen molar-refractivity contribution in [3.05, 3.63) is 86.9 Å². The van der Waals surface area contributed by atoms with Gasteiger partial charge in [-0.05, 0) is 30.2 Å². The number of halogens is 1. The highest BCUT2D eigenvalue weighted by Gasteiger charge is 2.20. The molecule has 0 fully saturated rings. The third-order valence-corrected chi connectivity index (χ3v) is 4.69. The van der Waals surface area contributed by atoms with Gasteiger partial charge in [-0.2, -0.15) is 0 Å². The second-order valence-electron chi connectivity index (χ2n) is 6.04. The van der Waals surface area contributed by atoms with Crippen LogP contribution in [0.3, 0.4) is 0 Å². The molecule has 0 saturated carbocycles. The summed E-state index contributed by atoms with van der Waals surface area (Å²) in [7, 11) is 0. The summed E-state index contributed by atoms with van der Waals surface area (Å²) in [5.41, 5.74) is 2.86. The molecule has 0 atom stereocenters. The first-order chi connectivity index (χ1) is 12.6. The maximum absolute atomic E-state index is 12.5. The molecule has 0 radical (unpaired) electrons. The number of nitrogens with one attached hydrogen (secondary N) is 1. The summed E-state index contributed by atoms with van der Waals surface area (Å²) in [5.74, 6) is 1.08. The Bertz CT molecular complexity index is 1110. The topological polar surface area (TPSA) is 55.4 Å². The molecule has 1 N–H and O–H groups in total. The third kappa shape index (κ3) is 3.18. The summed E-state index contributed by atoms with van der Waals surface area (Å²) in [6.07, 6.45) is 0. The fourth-order valence-electron chi connectivity index (χ4n) is 2.96. The first-order valence-corrected chi connectivity index (χ1v) is 9.02. The van der Waals surface area contributed by atoms with Gasteiger partial charge in [0.2, 0.25) is 5.88 Å². The minimum absolute atomic E-state index is 0.394. The first-order valence-electron chi connectivity index (χ1n) is 8.23. The molecule has 0 aliphatic heterocycles. The van der Waals surface area contributed by atoms with E-state index in [0.717, 1.165) is 21.2 Å². The molecule has 0 saturated heterocycles. The van der Waals surface area contributed by atoms with Crippen molar-refractivity contribution in [3.8, 4) is 11.1 Å². The molecular formula is C21H16BrNO3. The van der Waals surface area contributed by atoms with Crippen LogP contribution < -0.4 is 10.9 Å². The zero-order chi connectivity index (χ0) is 18.1. The largest absolute Gasteiger partial charge is 0.440 e. The standard InChI is InChI=1S/C21H16BrNO3/c1-13-11-17-19(21(24)25-13)18(15-7-9-16(22)10-8-15)20(26-17)23-12-14-5-3-2-4-6-14/h2-11,23H,12H2,1H3. The van der Waals surface area contributed by atoms with E-state index in [1.165, 1.54) is 0 Å². The van der Waals surface area contributed by atoms with Gasteiger partial charge < -0.3 is 14.2 Å². The van der Waals surface area contributed by atoms with E-state index in [4.69, 9.17) is 8.83 Å². The van der Waals surface area contributed by atoms with Crippen LogP contribution >= 0.6 is 15.9 Å². The first kappa shape index (κ1) is 16.7. The lowest BCUT2D eigenvalue weighted by Crippen LogP contribution is -2.02. The number of hydrogen-bond donors (Lipinski definition) is 1. The quantitative estimate of drug-likeness (QED) is 0.467. The normalized spacial score (nSPS) is 11.0. The van der Waals surface area contributed by atoms with E-state index in [2.05, 4.69) is 21.2 Å². The molecule has 2 aromatic carbocycles. The summed E-state index contributed by atoms with van der Waals surface area (Å²) < 4.78 is 12.3. The smallest absolute Gasteiger partial charge is 0.347 e. The number of rotatable bonds is 4. The van der Waals surface area contributed by atoms with Crippen LogP contribution in [0.5, 0.6) is 0 Å². The van der Waals surface area contributed by atoms with Crippen LogP contribution in [0.15, 0.2) is 78.8 Å². The number of furan rings is 1. The number of aryl methyl sites for hydroxylation is 1. The van der Waals surface area contributed by atoms with Crippen LogP contribution in [-0.2, 0) is 6.54 Å². The lowest BCUT2D eigenvalue weighted by atomic mass is 10.0. The highest BCUT2D eigenvalue weighted by molar-refractivity contribution is 9.10. The maximum Gasteiger partial charge on any atom is 0.347 e. The predicted octanol–water partition coefficient (Wildman–Crippen LogP) is 5.74. The molecule has 4 rings (SSSR count). The number of benzene rings is 2. The van der Waals surface area contributed by atoms with Gasteiger partial charge in [-0.15, -0.1) is 0 Å². The molecule has 4 nitrogen and oxygen atoms in total. The predicted molar refractivity (Wildman–Crippen MR) is 106 cm³/mol. The maximum atomic E-state index is 12.5. The number of hydrogen-bond acceptors (Lipinski definition) is 4. The van der Waals surface area contributed by atoms with E-state index >= 15 is 0 Å². The van der Waals surface area contributed by atoms with Crippen molar-refractivity contribution in [2.45, 2.75) is 13.5 Å². The summed E-state index contributed by atoms with van der Waals surface area (Å²) >= 11 is 3.44. The second kappa shape index (κ2) is 6.84. The van der Waals surface area contributed by atoms with Crippen molar-refractivity contribution < 1.29 is 8.83 Å². The molecule has 0 aliphatic rings. The van der Waals surface area contributed by atoms with Crippen molar-refractivity contribution in [2.24, 2.45) is 0 Å². The van der Waals surface area contributed by atoms with Gasteiger partial charge in [0.1, 0.15) is 16.7 Å². The van der Waals surface area contributed by atoms with E-state index in [1.54, 1.807) is 13.0 Å². The third-order valence-electron chi connectivity index (χ3n) is 4.16. The molecule has 4 aromatic rings. The second-order valence-corrected chi connectivity index (χ2v) is 6.95. The average molecular weight is 410 g/mol. The molecule has 26 heavy (non-hydrogen) atoms. The lowest BCUT2D eigenvalue weighted by Gasteiger charge is -2.07. The zero-order valence-corrected chi connectivity index (χ0v) is 15.7. The van der Waals surface area contributed by atoms with Crippen molar-refractivity contribution >= 4 is 32.8 Å². The van der Waals surface area contributed by atoms with Crippen molar-refractivity contribution in [1.29, 1.82) is 0 Å². The summed E-state index contributed by atoms with van der Waals surface area (Å²) in [6, 6.07) is 19.5. The Hall–Kier alpha value is -2.79. The fraction of sp³-hybridized carbons (Fsp3) is 0.0952. The Morgan fingerprint density at radius 1 is 1.00 bits per heavy atom. The van der Waals surface area contributed by atoms with Gasteiger partial charge >= 0.3 is 5.63 Å². The van der Waals surface area contributed by atoms with Crippen molar-refractivity contribution in [1.82, 2.24) is 0 Å². The molecule has 2 aromatic heterocycles. The van der Waals surface area contributed by atoms with Gasteiger partial charge in [-0.25, -0.2) is 4.79 Å². The van der Waals surface area contributed by atoms with E-state index in [1.807, 2.05) is 54.6 Å². The van der Waals surface area contributed by atoms with Gasteiger partial charge in [0, 0.05) is 17.1 Å². The van der Waals surface area contributed by atoms with Gasteiger partial charge in [0.25, 0.3) is 0 Å². The molecule has 0 spiro atoms. The Labute approximate surface area is 158 Å². The molecule has 0 aliphatic carbocycles. The van der Waals surface area contributed by atoms with E-state index in [9.17, 15) is 4.79 Å². The minimum Gasteiger partial charge on any atom is -0.440 e. The number of anilines is 1. The van der Waals surface area contributed by atoms with Crippen molar-refractivity contribution in [2.75, 3.05) is 5.32 Å². The molecule has 2 heterocycles. The molecule has 130 valence electrons. The van der Waals surface area contributed by atoms with Crippen molar-refractivity contribution in [3.63, 3.8) is 0 Å². The summed E-state index contributed by atoms with van der Waals surface area (Å²) in [5, 5.41) is 3.77. The summed E-state index contributed by atoms with van der Waals surface area (Å²) in [6.45, 7) is 2.33. The van der Waals surface area contributed by atoms with Crippen LogP contribution in [-0.4, -0.2) is 0 Å². The van der Waals surface area contributed by atoms with Crippen LogP contribution in [0.1, 0.15) is 11.3 Å². The van der Waals surface area contributed by atoms with Crippen LogP contribution in [0.2, 0.25) is 0 Å². The average Bonchev–Trinajstić information content (AvgIpc) is 3.00. The molecule has 0 unspecified atom stereocenters.